The molecule has 0 amide bonds. The third-order valence-electron chi connectivity index (χ3n) is 2.66. The molecule has 2 rings (SSSR count). The molecule has 0 aliphatic heterocycles. The fourth-order valence-corrected chi connectivity index (χ4v) is 1.90. The summed E-state index contributed by atoms with van der Waals surface area (Å²) in [4.78, 5) is 4.34. The molecular weight excluding hydrogens is 250 g/mol. The van der Waals surface area contributed by atoms with Gasteiger partial charge in [-0.1, -0.05) is 35.0 Å². The standard InChI is InChI=1S/C13H16ClN3O/c14-11-6-2-1-5-10(11)9-12-16-13(18-17-12)7-3-4-8-15/h1-2,5-6H,3-4,7-9,15H2. The van der Waals surface area contributed by atoms with Crippen molar-refractivity contribution in [3.05, 3.63) is 46.6 Å². The Morgan fingerprint density at radius 3 is 2.83 bits per heavy atom. The predicted molar refractivity (Wildman–Crippen MR) is 70.5 cm³/mol. The van der Waals surface area contributed by atoms with Crippen LogP contribution in [0.4, 0.5) is 0 Å². The molecule has 1 aromatic heterocycles. The lowest BCUT2D eigenvalue weighted by molar-refractivity contribution is 0.370. The van der Waals surface area contributed by atoms with Crippen LogP contribution >= 0.6 is 11.6 Å². The normalized spacial score (nSPS) is 10.8. The second kappa shape index (κ2) is 6.52. The Labute approximate surface area is 111 Å². The first-order valence-electron chi connectivity index (χ1n) is 6.04. The molecule has 0 aliphatic carbocycles. The highest BCUT2D eigenvalue weighted by Gasteiger charge is 2.08. The van der Waals surface area contributed by atoms with Crippen LogP contribution in [-0.2, 0) is 12.8 Å². The number of halogens is 1. The van der Waals surface area contributed by atoms with Crippen molar-refractivity contribution in [2.24, 2.45) is 5.73 Å². The van der Waals surface area contributed by atoms with E-state index in [9.17, 15) is 0 Å². The van der Waals surface area contributed by atoms with Crippen LogP contribution in [0.25, 0.3) is 0 Å². The zero-order valence-corrected chi connectivity index (χ0v) is 10.9. The summed E-state index contributed by atoms with van der Waals surface area (Å²) in [6.45, 7) is 0.695. The fraction of sp³-hybridized carbons (Fsp3) is 0.385. The van der Waals surface area contributed by atoms with Crippen molar-refractivity contribution in [1.82, 2.24) is 10.1 Å². The second-order valence-corrected chi connectivity index (χ2v) is 4.53. The molecule has 1 heterocycles. The number of nitrogens with zero attached hydrogens (tertiary/aromatic N) is 2. The molecule has 2 N–H and O–H groups in total. The van der Waals surface area contributed by atoms with Crippen molar-refractivity contribution in [1.29, 1.82) is 0 Å². The number of hydrogen-bond donors (Lipinski definition) is 1. The van der Waals surface area contributed by atoms with Gasteiger partial charge in [-0.2, -0.15) is 4.98 Å². The van der Waals surface area contributed by atoms with Gasteiger partial charge >= 0.3 is 0 Å². The average Bonchev–Trinajstić information content (AvgIpc) is 2.80. The van der Waals surface area contributed by atoms with E-state index in [1.54, 1.807) is 0 Å². The molecule has 0 spiro atoms. The molecule has 4 nitrogen and oxygen atoms in total. The summed E-state index contributed by atoms with van der Waals surface area (Å²) < 4.78 is 5.18. The summed E-state index contributed by atoms with van der Waals surface area (Å²) in [5.41, 5.74) is 6.44. The largest absolute Gasteiger partial charge is 0.339 e. The van der Waals surface area contributed by atoms with E-state index in [0.717, 1.165) is 29.8 Å². The Balaban J connectivity index is 1.96. The molecule has 18 heavy (non-hydrogen) atoms. The topological polar surface area (TPSA) is 64.9 Å². The van der Waals surface area contributed by atoms with Gasteiger partial charge in [-0.15, -0.1) is 0 Å². The van der Waals surface area contributed by atoms with Crippen LogP contribution in [0.15, 0.2) is 28.8 Å². The smallest absolute Gasteiger partial charge is 0.226 e. The first-order chi connectivity index (χ1) is 8.79. The van der Waals surface area contributed by atoms with Gasteiger partial charge in [0.05, 0.1) is 0 Å². The van der Waals surface area contributed by atoms with Crippen LogP contribution in [-0.4, -0.2) is 16.7 Å². The molecule has 0 saturated heterocycles. The minimum atomic E-state index is 0.597. The molecule has 0 fully saturated rings. The lowest BCUT2D eigenvalue weighted by Crippen LogP contribution is -1.99. The second-order valence-electron chi connectivity index (χ2n) is 4.12. The van der Waals surface area contributed by atoms with Gasteiger partial charge in [0.1, 0.15) is 0 Å². The van der Waals surface area contributed by atoms with Crippen LogP contribution in [0, 0.1) is 0 Å². The summed E-state index contributed by atoms with van der Waals surface area (Å²) in [6.07, 6.45) is 3.33. The van der Waals surface area contributed by atoms with Crippen LogP contribution in [0.2, 0.25) is 5.02 Å². The van der Waals surface area contributed by atoms with Gasteiger partial charge < -0.3 is 10.3 Å². The minimum absolute atomic E-state index is 0.597. The van der Waals surface area contributed by atoms with E-state index in [0.29, 0.717) is 24.7 Å². The van der Waals surface area contributed by atoms with Gasteiger partial charge in [-0.3, -0.25) is 0 Å². The van der Waals surface area contributed by atoms with Gasteiger partial charge in [0.2, 0.25) is 5.89 Å². The molecular formula is C13H16ClN3O. The van der Waals surface area contributed by atoms with Gasteiger partial charge in [0, 0.05) is 17.9 Å². The van der Waals surface area contributed by atoms with Crippen molar-refractivity contribution in [2.45, 2.75) is 25.7 Å². The lowest BCUT2D eigenvalue weighted by atomic mass is 10.1. The van der Waals surface area contributed by atoms with E-state index < -0.39 is 0 Å². The van der Waals surface area contributed by atoms with Crippen molar-refractivity contribution >= 4 is 11.6 Å². The van der Waals surface area contributed by atoms with Crippen LogP contribution in [0.3, 0.4) is 0 Å². The van der Waals surface area contributed by atoms with Gasteiger partial charge in [-0.05, 0) is 31.0 Å². The molecule has 5 heteroatoms. The third-order valence-corrected chi connectivity index (χ3v) is 3.03. The van der Waals surface area contributed by atoms with E-state index in [-0.39, 0.29) is 0 Å². The Morgan fingerprint density at radius 1 is 1.22 bits per heavy atom. The first kappa shape index (κ1) is 13.1. The third kappa shape index (κ3) is 3.55. The number of hydrogen-bond acceptors (Lipinski definition) is 4. The van der Waals surface area contributed by atoms with Crippen molar-refractivity contribution in [3.63, 3.8) is 0 Å². The van der Waals surface area contributed by atoms with Crippen LogP contribution in [0.5, 0.6) is 0 Å². The van der Waals surface area contributed by atoms with Gasteiger partial charge in [-0.25, -0.2) is 0 Å². The minimum Gasteiger partial charge on any atom is -0.339 e. The monoisotopic (exact) mass is 265 g/mol. The molecule has 2 aromatic rings. The average molecular weight is 266 g/mol. The molecule has 96 valence electrons. The van der Waals surface area contributed by atoms with E-state index in [1.165, 1.54) is 0 Å². The summed E-state index contributed by atoms with van der Waals surface area (Å²) in [6, 6.07) is 7.68. The zero-order chi connectivity index (χ0) is 12.8. The summed E-state index contributed by atoms with van der Waals surface area (Å²) in [5, 5.41) is 4.68. The molecule has 0 atom stereocenters. The van der Waals surface area contributed by atoms with E-state index in [2.05, 4.69) is 10.1 Å². The molecule has 0 bridgehead atoms. The SMILES string of the molecule is NCCCCc1nc(Cc2ccccc2Cl)no1. The Bertz CT molecular complexity index is 498. The van der Waals surface area contributed by atoms with Crippen LogP contribution in [0.1, 0.15) is 30.1 Å². The number of aryl methyl sites for hydroxylation is 1. The van der Waals surface area contributed by atoms with Gasteiger partial charge in [0.25, 0.3) is 0 Å². The van der Waals surface area contributed by atoms with Crippen molar-refractivity contribution in [2.75, 3.05) is 6.54 Å². The van der Waals surface area contributed by atoms with E-state index in [1.807, 2.05) is 24.3 Å². The summed E-state index contributed by atoms with van der Waals surface area (Å²) >= 11 is 6.08. The highest BCUT2D eigenvalue weighted by atomic mass is 35.5. The lowest BCUT2D eigenvalue weighted by Gasteiger charge is -1.98. The van der Waals surface area contributed by atoms with Crippen LogP contribution < -0.4 is 5.73 Å². The summed E-state index contributed by atoms with van der Waals surface area (Å²) in [5.74, 6) is 1.34. The molecule has 0 saturated carbocycles. The highest BCUT2D eigenvalue weighted by Crippen LogP contribution is 2.17. The van der Waals surface area contributed by atoms with E-state index >= 15 is 0 Å². The van der Waals surface area contributed by atoms with Crippen molar-refractivity contribution < 1.29 is 4.52 Å². The number of rotatable bonds is 6. The first-order valence-corrected chi connectivity index (χ1v) is 6.42. The number of unbranched alkanes of at least 4 members (excludes halogenated alkanes) is 1. The Hall–Kier alpha value is -1.39. The molecule has 0 aliphatic rings. The summed E-state index contributed by atoms with van der Waals surface area (Å²) in [7, 11) is 0. The maximum atomic E-state index is 6.08. The Kier molecular flexibility index (Phi) is 4.73. The number of aromatic nitrogens is 2. The highest BCUT2D eigenvalue weighted by molar-refractivity contribution is 6.31. The van der Waals surface area contributed by atoms with E-state index in [4.69, 9.17) is 21.9 Å². The quantitative estimate of drug-likeness (QED) is 0.816. The van der Waals surface area contributed by atoms with Crippen molar-refractivity contribution in [3.8, 4) is 0 Å². The van der Waals surface area contributed by atoms with Gasteiger partial charge in [0.15, 0.2) is 5.82 Å². The molecule has 0 unspecified atom stereocenters. The number of benzene rings is 1. The molecule has 1 aromatic carbocycles. The predicted octanol–water partition coefficient (Wildman–Crippen LogP) is 2.60. The fourth-order valence-electron chi connectivity index (χ4n) is 1.70. The maximum absolute atomic E-state index is 6.08. The zero-order valence-electron chi connectivity index (χ0n) is 10.1. The Morgan fingerprint density at radius 2 is 2.06 bits per heavy atom. The maximum Gasteiger partial charge on any atom is 0.226 e. The molecule has 0 radical (unpaired) electrons. The number of nitrogens with two attached hydrogens (primary N) is 1.